The summed E-state index contributed by atoms with van der Waals surface area (Å²) in [7, 11) is 0. The van der Waals surface area contributed by atoms with Crippen molar-refractivity contribution < 1.29 is 4.74 Å². The third kappa shape index (κ3) is 5.06. The Morgan fingerprint density at radius 1 is 1.17 bits per heavy atom. The molecule has 0 spiro atoms. The molecule has 0 saturated heterocycles. The number of ether oxygens (including phenoxy) is 1. The molecule has 0 fully saturated rings. The van der Waals surface area contributed by atoms with Gasteiger partial charge in [0.05, 0.1) is 24.2 Å². The highest BCUT2D eigenvalue weighted by Gasteiger charge is 2.04. The first-order valence-electron chi connectivity index (χ1n) is 8.36. The van der Waals surface area contributed by atoms with Crippen LogP contribution < -0.4 is 10.5 Å². The first-order valence-corrected chi connectivity index (χ1v) is 8.36. The average Bonchev–Trinajstić information content (AvgIpc) is 2.62. The van der Waals surface area contributed by atoms with Gasteiger partial charge in [-0.2, -0.15) is 0 Å². The second-order valence-corrected chi connectivity index (χ2v) is 5.56. The fourth-order valence-corrected chi connectivity index (χ4v) is 2.41. The van der Waals surface area contributed by atoms with Gasteiger partial charge in [-0.15, -0.1) is 0 Å². The molecule has 5 nitrogen and oxygen atoms in total. The Hall–Kier alpha value is -2.40. The standard InChI is InChI=1S/C19H26N4O/c1-4-23(5-2)11-6-12-24-17-7-8-18(22-14-17)19-13-16(15(3)20)9-10-21-19/h7-10,13-14H,3-6,11-12,20H2,1-2H3. The molecular formula is C19H26N4O. The number of nitrogens with zero attached hydrogens (tertiary/aromatic N) is 3. The van der Waals surface area contributed by atoms with Crippen molar-refractivity contribution in [2.45, 2.75) is 20.3 Å². The van der Waals surface area contributed by atoms with Crippen LogP contribution in [-0.2, 0) is 0 Å². The fraction of sp³-hybridized carbons (Fsp3) is 0.368. The van der Waals surface area contributed by atoms with Crippen LogP contribution >= 0.6 is 0 Å². The average molecular weight is 326 g/mol. The predicted molar refractivity (Wildman–Crippen MR) is 98.6 cm³/mol. The first kappa shape index (κ1) is 17.9. The third-order valence-electron chi connectivity index (χ3n) is 3.91. The summed E-state index contributed by atoms with van der Waals surface area (Å²) in [5.41, 5.74) is 8.66. The predicted octanol–water partition coefficient (Wildman–Crippen LogP) is 3.18. The van der Waals surface area contributed by atoms with Gasteiger partial charge in [-0.3, -0.25) is 9.97 Å². The highest BCUT2D eigenvalue weighted by atomic mass is 16.5. The van der Waals surface area contributed by atoms with Crippen molar-refractivity contribution in [3.8, 4) is 17.1 Å². The van der Waals surface area contributed by atoms with Gasteiger partial charge in [0.15, 0.2) is 0 Å². The van der Waals surface area contributed by atoms with E-state index in [9.17, 15) is 0 Å². The van der Waals surface area contributed by atoms with E-state index >= 15 is 0 Å². The van der Waals surface area contributed by atoms with Gasteiger partial charge >= 0.3 is 0 Å². The van der Waals surface area contributed by atoms with Crippen LogP contribution in [0.5, 0.6) is 5.75 Å². The summed E-state index contributed by atoms with van der Waals surface area (Å²) in [6.45, 7) is 12.0. The minimum atomic E-state index is 0.520. The van der Waals surface area contributed by atoms with Gasteiger partial charge in [0, 0.05) is 24.0 Å². The lowest BCUT2D eigenvalue weighted by Crippen LogP contribution is -2.25. The van der Waals surface area contributed by atoms with E-state index in [1.54, 1.807) is 12.4 Å². The molecule has 5 heteroatoms. The van der Waals surface area contributed by atoms with Crippen molar-refractivity contribution in [1.82, 2.24) is 14.9 Å². The van der Waals surface area contributed by atoms with Crippen molar-refractivity contribution in [3.63, 3.8) is 0 Å². The molecule has 0 atom stereocenters. The molecule has 0 aliphatic carbocycles. The zero-order valence-electron chi connectivity index (χ0n) is 14.5. The van der Waals surface area contributed by atoms with E-state index in [1.807, 2.05) is 24.3 Å². The molecule has 0 saturated carbocycles. The smallest absolute Gasteiger partial charge is 0.137 e. The van der Waals surface area contributed by atoms with Gasteiger partial charge in [0.2, 0.25) is 0 Å². The highest BCUT2D eigenvalue weighted by molar-refractivity contribution is 5.65. The van der Waals surface area contributed by atoms with Crippen molar-refractivity contribution in [3.05, 3.63) is 48.8 Å². The van der Waals surface area contributed by atoms with Crippen LogP contribution in [0.15, 0.2) is 43.2 Å². The molecule has 2 heterocycles. The molecule has 0 unspecified atom stereocenters. The maximum absolute atomic E-state index is 5.75. The van der Waals surface area contributed by atoms with E-state index in [0.29, 0.717) is 12.3 Å². The molecule has 24 heavy (non-hydrogen) atoms. The van der Waals surface area contributed by atoms with Gasteiger partial charge in [0.1, 0.15) is 5.75 Å². The number of hydrogen-bond donors (Lipinski definition) is 1. The lowest BCUT2D eigenvalue weighted by molar-refractivity contribution is 0.249. The summed E-state index contributed by atoms with van der Waals surface area (Å²) in [6.07, 6.45) is 4.45. The van der Waals surface area contributed by atoms with Crippen LogP contribution in [0.4, 0.5) is 0 Å². The fourth-order valence-electron chi connectivity index (χ4n) is 2.41. The van der Waals surface area contributed by atoms with E-state index in [2.05, 4.69) is 35.3 Å². The van der Waals surface area contributed by atoms with Gasteiger partial charge in [0.25, 0.3) is 0 Å². The van der Waals surface area contributed by atoms with Crippen LogP contribution in [0.1, 0.15) is 25.8 Å². The molecule has 0 bridgehead atoms. The summed E-state index contributed by atoms with van der Waals surface area (Å²) in [4.78, 5) is 11.1. The Labute approximate surface area is 144 Å². The second-order valence-electron chi connectivity index (χ2n) is 5.56. The molecule has 0 aromatic carbocycles. The molecule has 0 amide bonds. The Balaban J connectivity index is 1.91. The monoisotopic (exact) mass is 326 g/mol. The lowest BCUT2D eigenvalue weighted by Gasteiger charge is -2.17. The van der Waals surface area contributed by atoms with E-state index in [4.69, 9.17) is 10.5 Å². The van der Waals surface area contributed by atoms with Crippen LogP contribution in [0, 0.1) is 0 Å². The maximum atomic E-state index is 5.75. The van der Waals surface area contributed by atoms with Crippen molar-refractivity contribution in [2.75, 3.05) is 26.2 Å². The summed E-state index contributed by atoms with van der Waals surface area (Å²) < 4.78 is 5.75. The molecule has 2 aromatic heterocycles. The van der Waals surface area contributed by atoms with Crippen molar-refractivity contribution >= 4 is 5.70 Å². The molecule has 0 aliphatic heterocycles. The zero-order valence-corrected chi connectivity index (χ0v) is 14.5. The van der Waals surface area contributed by atoms with Crippen LogP contribution in [-0.4, -0.2) is 41.1 Å². The number of hydrogen-bond acceptors (Lipinski definition) is 5. The SMILES string of the molecule is C=C(N)c1ccnc(-c2ccc(OCCCN(CC)CC)cn2)c1. The zero-order chi connectivity index (χ0) is 17.4. The van der Waals surface area contributed by atoms with E-state index < -0.39 is 0 Å². The maximum Gasteiger partial charge on any atom is 0.137 e. The summed E-state index contributed by atoms with van der Waals surface area (Å²) in [6, 6.07) is 7.55. The summed E-state index contributed by atoms with van der Waals surface area (Å²) in [5.74, 6) is 0.776. The summed E-state index contributed by atoms with van der Waals surface area (Å²) in [5, 5.41) is 0. The quantitative estimate of drug-likeness (QED) is 0.717. The molecule has 2 N–H and O–H groups in total. The topological polar surface area (TPSA) is 64.3 Å². The normalized spacial score (nSPS) is 10.8. The van der Waals surface area contributed by atoms with Crippen LogP contribution in [0.25, 0.3) is 17.1 Å². The molecule has 128 valence electrons. The van der Waals surface area contributed by atoms with Crippen molar-refractivity contribution in [1.29, 1.82) is 0 Å². The first-order chi connectivity index (χ1) is 11.6. The van der Waals surface area contributed by atoms with E-state index in [-0.39, 0.29) is 0 Å². The van der Waals surface area contributed by atoms with Gasteiger partial charge in [-0.25, -0.2) is 0 Å². The Kier molecular flexibility index (Phi) is 6.75. The van der Waals surface area contributed by atoms with Gasteiger partial charge in [-0.05, 0) is 43.8 Å². The number of aromatic nitrogens is 2. The Morgan fingerprint density at radius 2 is 1.96 bits per heavy atom. The van der Waals surface area contributed by atoms with E-state index in [1.165, 1.54) is 0 Å². The van der Waals surface area contributed by atoms with Gasteiger partial charge < -0.3 is 15.4 Å². The number of rotatable bonds is 9. The highest BCUT2D eigenvalue weighted by Crippen LogP contribution is 2.20. The van der Waals surface area contributed by atoms with E-state index in [0.717, 1.165) is 48.8 Å². The molecule has 2 aromatic rings. The number of nitrogens with two attached hydrogens (primary N) is 1. The molecule has 0 aliphatic rings. The molecular weight excluding hydrogens is 300 g/mol. The lowest BCUT2D eigenvalue weighted by atomic mass is 10.1. The minimum absolute atomic E-state index is 0.520. The summed E-state index contributed by atoms with van der Waals surface area (Å²) >= 11 is 0. The van der Waals surface area contributed by atoms with Gasteiger partial charge in [-0.1, -0.05) is 20.4 Å². The number of pyridine rings is 2. The largest absolute Gasteiger partial charge is 0.492 e. The van der Waals surface area contributed by atoms with Crippen LogP contribution in [0.3, 0.4) is 0 Å². The van der Waals surface area contributed by atoms with Crippen molar-refractivity contribution in [2.24, 2.45) is 5.73 Å². The molecule has 2 rings (SSSR count). The Bertz CT molecular complexity index is 651. The minimum Gasteiger partial charge on any atom is -0.492 e. The molecule has 0 radical (unpaired) electrons. The third-order valence-corrected chi connectivity index (χ3v) is 3.91. The Morgan fingerprint density at radius 3 is 2.58 bits per heavy atom. The second kappa shape index (κ2) is 9.03. The van der Waals surface area contributed by atoms with Crippen LogP contribution in [0.2, 0.25) is 0 Å².